The zero-order valence-electron chi connectivity index (χ0n) is 23.0. The van der Waals surface area contributed by atoms with E-state index >= 15 is 0 Å². The van der Waals surface area contributed by atoms with E-state index in [0.29, 0.717) is 13.0 Å². The fraction of sp³-hybridized carbons (Fsp3) is 0.750. The number of ether oxygens (including phenoxy) is 1. The van der Waals surface area contributed by atoms with Crippen molar-refractivity contribution in [2.75, 3.05) is 13.2 Å². The highest BCUT2D eigenvalue weighted by Crippen LogP contribution is 2.39. The van der Waals surface area contributed by atoms with Crippen LogP contribution in [0.2, 0.25) is 0 Å². The molecule has 0 aromatic carbocycles. The molecule has 1 aromatic heterocycles. The second-order valence-corrected chi connectivity index (χ2v) is 12.5. The zero-order chi connectivity index (χ0) is 27.5. The van der Waals surface area contributed by atoms with E-state index in [-0.39, 0.29) is 36.8 Å². The number of carbonyl (C=O) groups is 2. The number of cyclic esters (lactones) is 1. The van der Waals surface area contributed by atoms with Gasteiger partial charge < -0.3 is 20.1 Å². The van der Waals surface area contributed by atoms with Crippen molar-refractivity contribution < 1.29 is 29.6 Å². The number of β-amino-alcohol motifs (C(OH)–C–C–N with tert-alkyl or cyclic N) is 1. The average Bonchev–Trinajstić information content (AvgIpc) is 3.29. The molecule has 0 radical (unpaired) electrons. The molecule has 3 N–H and O–H groups in total. The Hall–Kier alpha value is -1.65. The molecule has 2 saturated heterocycles. The van der Waals surface area contributed by atoms with Gasteiger partial charge in [-0.15, -0.1) is 11.3 Å². The molecule has 2 unspecified atom stereocenters. The van der Waals surface area contributed by atoms with Crippen LogP contribution in [-0.4, -0.2) is 80.5 Å². The second kappa shape index (κ2) is 12.5. The summed E-state index contributed by atoms with van der Waals surface area (Å²) in [6.07, 6.45) is 2.19. The van der Waals surface area contributed by atoms with Crippen molar-refractivity contribution in [2.45, 2.75) is 104 Å². The molecule has 208 valence electrons. The van der Waals surface area contributed by atoms with Crippen LogP contribution < -0.4 is 0 Å². The molecule has 2 aliphatic heterocycles. The number of ketones is 1. The molecular weight excluding hydrogens is 492 g/mol. The van der Waals surface area contributed by atoms with Gasteiger partial charge in [0, 0.05) is 36.3 Å². The number of nitrogens with zero attached hydrogens (tertiary/aromatic N) is 2. The van der Waals surface area contributed by atoms with Crippen LogP contribution >= 0.6 is 11.3 Å². The molecule has 1 aromatic rings. The Kier molecular flexibility index (Phi) is 10.1. The maximum absolute atomic E-state index is 13.3. The van der Waals surface area contributed by atoms with Crippen LogP contribution in [0.25, 0.3) is 6.08 Å². The van der Waals surface area contributed by atoms with E-state index in [4.69, 9.17) is 4.74 Å². The van der Waals surface area contributed by atoms with Crippen molar-refractivity contribution in [2.24, 2.45) is 17.3 Å². The van der Waals surface area contributed by atoms with Crippen LogP contribution in [0.1, 0.15) is 77.4 Å². The van der Waals surface area contributed by atoms with Gasteiger partial charge in [-0.2, -0.15) is 0 Å². The molecule has 37 heavy (non-hydrogen) atoms. The lowest BCUT2D eigenvalue weighted by atomic mass is 9.73. The lowest BCUT2D eigenvalue weighted by Crippen LogP contribution is -2.45. The number of hydrogen-bond acceptors (Lipinski definition) is 9. The first-order valence-electron chi connectivity index (χ1n) is 13.4. The first-order valence-corrected chi connectivity index (χ1v) is 14.3. The summed E-state index contributed by atoms with van der Waals surface area (Å²) in [4.78, 5) is 33.1. The van der Waals surface area contributed by atoms with Crippen molar-refractivity contribution in [3.63, 3.8) is 0 Å². The number of aliphatic hydroxyl groups excluding tert-OH is 3. The van der Waals surface area contributed by atoms with Crippen molar-refractivity contribution in [1.29, 1.82) is 0 Å². The Morgan fingerprint density at radius 3 is 2.57 bits per heavy atom. The van der Waals surface area contributed by atoms with Gasteiger partial charge in [0.2, 0.25) is 0 Å². The lowest BCUT2D eigenvalue weighted by molar-refractivity contribution is -0.154. The SMILES string of the molecule is C/C(=C\c1csc(C)n1)C1C[C@H]2[C@@H](CCC[C@H](C)[C@H](O)[C@@H](C)C(=O)C(C)(C)[C@@H](O)CC(=O)O1)N2CCO. The molecule has 0 aliphatic carbocycles. The topological polar surface area (TPSA) is 120 Å². The van der Waals surface area contributed by atoms with E-state index in [9.17, 15) is 24.9 Å². The number of fused-ring (bicyclic) bond motifs is 1. The van der Waals surface area contributed by atoms with Gasteiger partial charge in [-0.25, -0.2) is 4.98 Å². The molecule has 0 bridgehead atoms. The number of aryl methyl sites for hydroxylation is 1. The van der Waals surface area contributed by atoms with E-state index < -0.39 is 35.6 Å². The third-order valence-corrected chi connectivity index (χ3v) is 9.10. The number of thiazole rings is 1. The number of carbonyl (C=O) groups excluding carboxylic acids is 2. The van der Waals surface area contributed by atoms with Crippen LogP contribution in [0.3, 0.4) is 0 Å². The van der Waals surface area contributed by atoms with Crippen molar-refractivity contribution in [3.05, 3.63) is 21.7 Å². The number of hydrogen-bond donors (Lipinski definition) is 3. The first kappa shape index (κ1) is 29.9. The van der Waals surface area contributed by atoms with E-state index in [2.05, 4.69) is 9.88 Å². The van der Waals surface area contributed by atoms with Gasteiger partial charge in [-0.05, 0) is 44.3 Å². The summed E-state index contributed by atoms with van der Waals surface area (Å²) in [6.45, 7) is 11.4. The zero-order valence-corrected chi connectivity index (χ0v) is 23.8. The molecule has 2 fully saturated rings. The average molecular weight is 537 g/mol. The summed E-state index contributed by atoms with van der Waals surface area (Å²) in [5.74, 6) is -1.57. The summed E-state index contributed by atoms with van der Waals surface area (Å²) in [5, 5.41) is 34.3. The monoisotopic (exact) mass is 536 g/mol. The third-order valence-electron chi connectivity index (χ3n) is 8.31. The van der Waals surface area contributed by atoms with E-state index in [1.807, 2.05) is 32.2 Å². The largest absolute Gasteiger partial charge is 0.458 e. The van der Waals surface area contributed by atoms with Gasteiger partial charge in [0.15, 0.2) is 0 Å². The van der Waals surface area contributed by atoms with Crippen LogP contribution in [0.5, 0.6) is 0 Å². The minimum Gasteiger partial charge on any atom is -0.458 e. The fourth-order valence-corrected chi connectivity index (χ4v) is 6.22. The van der Waals surface area contributed by atoms with E-state index in [1.165, 1.54) is 0 Å². The van der Waals surface area contributed by atoms with Gasteiger partial charge in [-0.3, -0.25) is 14.5 Å². The molecule has 3 heterocycles. The van der Waals surface area contributed by atoms with Gasteiger partial charge in [0.05, 0.1) is 41.4 Å². The number of aromatic nitrogens is 1. The maximum Gasteiger partial charge on any atom is 0.309 e. The van der Waals surface area contributed by atoms with Crippen molar-refractivity contribution >= 4 is 29.2 Å². The molecule has 0 saturated carbocycles. The third kappa shape index (κ3) is 7.26. The fourth-order valence-electron chi connectivity index (χ4n) is 5.65. The Balaban J connectivity index is 1.88. The summed E-state index contributed by atoms with van der Waals surface area (Å²) < 4.78 is 5.94. The normalized spacial score (nSPS) is 36.1. The summed E-state index contributed by atoms with van der Waals surface area (Å²) >= 11 is 1.55. The van der Waals surface area contributed by atoms with E-state index in [0.717, 1.165) is 35.5 Å². The smallest absolute Gasteiger partial charge is 0.309 e. The Morgan fingerprint density at radius 2 is 1.95 bits per heavy atom. The minimum atomic E-state index is -1.24. The van der Waals surface area contributed by atoms with Gasteiger partial charge in [0.1, 0.15) is 11.9 Å². The summed E-state index contributed by atoms with van der Waals surface area (Å²) in [6, 6.07) is 0.434. The molecule has 3 rings (SSSR count). The number of rotatable bonds is 4. The quantitative estimate of drug-likeness (QED) is 0.396. The Morgan fingerprint density at radius 1 is 1.24 bits per heavy atom. The highest BCUT2D eigenvalue weighted by atomic mass is 32.1. The predicted molar refractivity (Wildman–Crippen MR) is 144 cm³/mol. The molecule has 2 aliphatic rings. The molecule has 0 amide bonds. The number of aliphatic hydroxyl groups is 3. The minimum absolute atomic E-state index is 0.0559. The van der Waals surface area contributed by atoms with Gasteiger partial charge >= 0.3 is 5.97 Å². The second-order valence-electron chi connectivity index (χ2n) is 11.5. The highest BCUT2D eigenvalue weighted by Gasteiger charge is 2.48. The van der Waals surface area contributed by atoms with Gasteiger partial charge in [0.25, 0.3) is 0 Å². The molecule has 8 atom stereocenters. The van der Waals surface area contributed by atoms with Crippen molar-refractivity contribution in [1.82, 2.24) is 9.88 Å². The maximum atomic E-state index is 13.3. The number of Topliss-reactive ketones (excluding diaryl/α,β-unsaturated/α-hetero) is 1. The predicted octanol–water partition coefficient (Wildman–Crippen LogP) is 3.37. The Labute approximate surface area is 224 Å². The molecule has 9 heteroatoms. The van der Waals surface area contributed by atoms with Crippen molar-refractivity contribution in [3.8, 4) is 0 Å². The van der Waals surface area contributed by atoms with Crippen LogP contribution in [0.15, 0.2) is 11.0 Å². The van der Waals surface area contributed by atoms with E-state index in [1.54, 1.807) is 32.1 Å². The van der Waals surface area contributed by atoms with Crippen LogP contribution in [0, 0.1) is 24.2 Å². The van der Waals surface area contributed by atoms with Crippen LogP contribution in [0.4, 0.5) is 0 Å². The lowest BCUT2D eigenvalue weighted by Gasteiger charge is -2.34. The molecule has 8 nitrogen and oxygen atoms in total. The molecule has 0 spiro atoms. The standard InChI is InChI=1S/C28H44N2O6S/c1-16-8-7-9-21-22(30(21)10-11-31)13-23(17(2)12-20-15-37-19(4)29-20)36-25(33)14-24(32)28(5,6)27(35)18(3)26(16)34/h12,15-16,18,21-24,26,31-32,34H,7-11,13-14H2,1-6H3/b17-12+/t16-,18+,21+,22-,23?,24-,26-,30?/m0/s1. The summed E-state index contributed by atoms with van der Waals surface area (Å²) in [5.41, 5.74) is 0.467. The first-order chi connectivity index (χ1) is 17.4. The van der Waals surface area contributed by atoms with Gasteiger partial charge in [-0.1, -0.05) is 34.1 Å². The molecular formula is C28H44N2O6S. The summed E-state index contributed by atoms with van der Waals surface area (Å²) in [7, 11) is 0. The highest BCUT2D eigenvalue weighted by molar-refractivity contribution is 7.09. The number of esters is 1. The Bertz CT molecular complexity index is 976. The van der Waals surface area contributed by atoms with Crippen LogP contribution in [-0.2, 0) is 14.3 Å².